The number of halogens is 3. The lowest BCUT2D eigenvalue weighted by atomic mass is 9.93. The Morgan fingerprint density at radius 2 is 1.58 bits per heavy atom. The highest BCUT2D eigenvalue weighted by Crippen LogP contribution is 2.31. The van der Waals surface area contributed by atoms with E-state index in [1.165, 1.54) is 12.1 Å². The van der Waals surface area contributed by atoms with Gasteiger partial charge in [-0.15, -0.1) is 11.6 Å². The molecule has 0 aliphatic rings. The van der Waals surface area contributed by atoms with Crippen molar-refractivity contribution in [3.05, 3.63) is 71.3 Å². The van der Waals surface area contributed by atoms with Crippen LogP contribution in [-0.4, -0.2) is 0 Å². The first-order chi connectivity index (χ1) is 9.06. The monoisotopic (exact) mass is 280 g/mol. The molecule has 2 aromatic rings. The van der Waals surface area contributed by atoms with Gasteiger partial charge in [-0.25, -0.2) is 8.78 Å². The highest BCUT2D eigenvalue weighted by atomic mass is 35.5. The van der Waals surface area contributed by atoms with E-state index in [1.54, 1.807) is 0 Å². The second-order valence-corrected chi connectivity index (χ2v) is 5.24. The molecule has 0 fully saturated rings. The van der Waals surface area contributed by atoms with Crippen molar-refractivity contribution in [3.63, 3.8) is 0 Å². The summed E-state index contributed by atoms with van der Waals surface area (Å²) in [7, 11) is 0. The molecule has 0 saturated heterocycles. The zero-order valence-corrected chi connectivity index (χ0v) is 11.4. The summed E-state index contributed by atoms with van der Waals surface area (Å²) in [5, 5.41) is -0.174. The molecule has 0 aromatic heterocycles. The Balaban J connectivity index is 2.10. The van der Waals surface area contributed by atoms with Crippen molar-refractivity contribution < 1.29 is 8.78 Å². The molecule has 0 spiro atoms. The van der Waals surface area contributed by atoms with Gasteiger partial charge in [-0.1, -0.05) is 37.3 Å². The smallest absolute Gasteiger partial charge is 0.126 e. The van der Waals surface area contributed by atoms with Gasteiger partial charge in [-0.05, 0) is 35.6 Å². The van der Waals surface area contributed by atoms with Crippen LogP contribution in [0.25, 0.3) is 0 Å². The first kappa shape index (κ1) is 14.0. The molecule has 3 heteroatoms. The minimum absolute atomic E-state index is 0.0882. The number of rotatable bonds is 4. The van der Waals surface area contributed by atoms with Crippen molar-refractivity contribution in [2.45, 2.75) is 18.7 Å². The van der Waals surface area contributed by atoms with Gasteiger partial charge in [0.2, 0.25) is 0 Å². The van der Waals surface area contributed by atoms with Crippen molar-refractivity contribution in [1.82, 2.24) is 0 Å². The third-order valence-corrected chi connectivity index (χ3v) is 3.78. The quantitative estimate of drug-likeness (QED) is 0.682. The van der Waals surface area contributed by atoms with Crippen LogP contribution >= 0.6 is 11.6 Å². The Labute approximate surface area is 117 Å². The van der Waals surface area contributed by atoms with Gasteiger partial charge in [0.15, 0.2) is 0 Å². The molecule has 19 heavy (non-hydrogen) atoms. The van der Waals surface area contributed by atoms with Gasteiger partial charge < -0.3 is 0 Å². The van der Waals surface area contributed by atoms with Crippen LogP contribution in [0.4, 0.5) is 8.78 Å². The molecule has 0 saturated carbocycles. The molecule has 0 N–H and O–H groups in total. The Hall–Kier alpha value is -1.41. The second kappa shape index (κ2) is 6.16. The predicted octanol–water partition coefficient (Wildman–Crippen LogP) is 5.12. The van der Waals surface area contributed by atoms with E-state index in [4.69, 9.17) is 11.6 Å². The third kappa shape index (κ3) is 3.77. The number of alkyl halides is 1. The summed E-state index contributed by atoms with van der Waals surface area (Å²) in [4.78, 5) is 0. The fourth-order valence-electron chi connectivity index (χ4n) is 2.17. The lowest BCUT2D eigenvalue weighted by Crippen LogP contribution is -2.08. The molecular weight excluding hydrogens is 266 g/mol. The molecule has 0 radical (unpaired) electrons. The molecule has 100 valence electrons. The summed E-state index contributed by atoms with van der Waals surface area (Å²) in [5.41, 5.74) is 1.65. The molecule has 2 rings (SSSR count). The van der Waals surface area contributed by atoms with E-state index in [0.29, 0.717) is 12.0 Å². The molecule has 0 heterocycles. The molecule has 2 atom stereocenters. The second-order valence-electron chi connectivity index (χ2n) is 4.77. The maximum atomic E-state index is 13.1. The van der Waals surface area contributed by atoms with E-state index < -0.39 is 11.6 Å². The predicted molar refractivity (Wildman–Crippen MR) is 74.3 cm³/mol. The normalized spacial score (nSPS) is 14.1. The molecule has 2 unspecified atom stereocenters. The van der Waals surface area contributed by atoms with Crippen LogP contribution in [0, 0.1) is 17.6 Å². The van der Waals surface area contributed by atoms with E-state index >= 15 is 0 Å². The summed E-state index contributed by atoms with van der Waals surface area (Å²) in [6.07, 6.45) is 0.539. The van der Waals surface area contributed by atoms with Crippen molar-refractivity contribution in [2.24, 2.45) is 5.92 Å². The van der Waals surface area contributed by atoms with Gasteiger partial charge in [-0.3, -0.25) is 0 Å². The van der Waals surface area contributed by atoms with E-state index in [-0.39, 0.29) is 11.3 Å². The van der Waals surface area contributed by atoms with Gasteiger partial charge in [-0.2, -0.15) is 0 Å². The van der Waals surface area contributed by atoms with Crippen LogP contribution in [-0.2, 0) is 6.42 Å². The van der Waals surface area contributed by atoms with Crippen LogP contribution < -0.4 is 0 Å². The standard InChI is InChI=1S/C16H15ClF2/c1-11(16(17)13-5-3-2-4-6-13)7-12-8-14(18)10-15(19)9-12/h2-6,8-11,16H,7H2,1H3. The van der Waals surface area contributed by atoms with E-state index in [0.717, 1.165) is 11.6 Å². The molecule has 0 amide bonds. The molecule has 0 bridgehead atoms. The number of benzene rings is 2. The summed E-state index contributed by atoms with van der Waals surface area (Å²) in [5.74, 6) is -1.01. The van der Waals surface area contributed by atoms with E-state index in [1.807, 2.05) is 37.3 Å². The topological polar surface area (TPSA) is 0 Å². The Kier molecular flexibility index (Phi) is 4.54. The highest BCUT2D eigenvalue weighted by molar-refractivity contribution is 6.21. The average molecular weight is 281 g/mol. The lowest BCUT2D eigenvalue weighted by molar-refractivity contribution is 0.543. The Morgan fingerprint density at radius 3 is 2.16 bits per heavy atom. The van der Waals surface area contributed by atoms with Crippen LogP contribution in [0.2, 0.25) is 0 Å². The van der Waals surface area contributed by atoms with Gasteiger partial charge in [0.25, 0.3) is 0 Å². The van der Waals surface area contributed by atoms with Gasteiger partial charge in [0.1, 0.15) is 11.6 Å². The summed E-state index contributed by atoms with van der Waals surface area (Å²) in [6.45, 7) is 1.98. The Bertz CT molecular complexity index is 519. The maximum Gasteiger partial charge on any atom is 0.126 e. The van der Waals surface area contributed by atoms with E-state index in [9.17, 15) is 8.78 Å². The summed E-state index contributed by atoms with van der Waals surface area (Å²) >= 11 is 6.40. The Morgan fingerprint density at radius 1 is 1.00 bits per heavy atom. The zero-order valence-electron chi connectivity index (χ0n) is 10.6. The zero-order chi connectivity index (χ0) is 13.8. The lowest BCUT2D eigenvalue weighted by Gasteiger charge is -2.18. The van der Waals surface area contributed by atoms with Gasteiger partial charge in [0.05, 0.1) is 5.38 Å². The maximum absolute atomic E-state index is 13.1. The SMILES string of the molecule is CC(Cc1cc(F)cc(F)c1)C(Cl)c1ccccc1. The molecule has 0 aliphatic heterocycles. The fraction of sp³-hybridized carbons (Fsp3) is 0.250. The molecule has 0 aliphatic carbocycles. The van der Waals surface area contributed by atoms with Crippen LogP contribution in [0.1, 0.15) is 23.4 Å². The van der Waals surface area contributed by atoms with Crippen LogP contribution in [0.15, 0.2) is 48.5 Å². The first-order valence-corrected chi connectivity index (χ1v) is 6.64. The fourth-order valence-corrected chi connectivity index (χ4v) is 2.40. The third-order valence-electron chi connectivity index (χ3n) is 3.10. The van der Waals surface area contributed by atoms with Crippen molar-refractivity contribution >= 4 is 11.6 Å². The first-order valence-electron chi connectivity index (χ1n) is 6.20. The van der Waals surface area contributed by atoms with Crippen molar-refractivity contribution in [2.75, 3.05) is 0 Å². The average Bonchev–Trinajstić information content (AvgIpc) is 2.37. The van der Waals surface area contributed by atoms with Crippen molar-refractivity contribution in [1.29, 1.82) is 0 Å². The van der Waals surface area contributed by atoms with Gasteiger partial charge >= 0.3 is 0 Å². The number of hydrogen-bond donors (Lipinski definition) is 0. The molecule has 0 nitrogen and oxygen atoms in total. The van der Waals surface area contributed by atoms with Gasteiger partial charge in [0, 0.05) is 6.07 Å². The van der Waals surface area contributed by atoms with Crippen molar-refractivity contribution in [3.8, 4) is 0 Å². The number of hydrogen-bond acceptors (Lipinski definition) is 0. The summed E-state index contributed by atoms with van der Waals surface area (Å²) < 4.78 is 26.3. The molecular formula is C16H15ClF2. The van der Waals surface area contributed by atoms with Crippen LogP contribution in [0.3, 0.4) is 0 Å². The largest absolute Gasteiger partial charge is 0.207 e. The minimum Gasteiger partial charge on any atom is -0.207 e. The van der Waals surface area contributed by atoms with Crippen LogP contribution in [0.5, 0.6) is 0 Å². The minimum atomic E-state index is -0.548. The molecule has 2 aromatic carbocycles. The summed E-state index contributed by atoms with van der Waals surface area (Å²) in [6, 6.07) is 13.3. The van der Waals surface area contributed by atoms with E-state index in [2.05, 4.69) is 0 Å². The highest BCUT2D eigenvalue weighted by Gasteiger charge is 2.17.